The lowest BCUT2D eigenvalue weighted by molar-refractivity contribution is 0.117. The van der Waals surface area contributed by atoms with Gasteiger partial charge < -0.3 is 15.7 Å². The summed E-state index contributed by atoms with van der Waals surface area (Å²) >= 11 is 0. The molecular formula is C17H32N2O2. The van der Waals surface area contributed by atoms with Crippen LogP contribution in [0.1, 0.15) is 71.6 Å². The fraction of sp³-hybridized carbons (Fsp3) is 0.941. The molecule has 4 nitrogen and oxygen atoms in total. The van der Waals surface area contributed by atoms with E-state index in [1.165, 1.54) is 25.7 Å². The average Bonchev–Trinajstić information content (AvgIpc) is 2.86. The van der Waals surface area contributed by atoms with Crippen LogP contribution >= 0.6 is 0 Å². The van der Waals surface area contributed by atoms with Crippen molar-refractivity contribution >= 4 is 6.03 Å². The first-order valence-corrected chi connectivity index (χ1v) is 8.79. The van der Waals surface area contributed by atoms with Gasteiger partial charge in [0.05, 0.1) is 6.10 Å². The Bertz CT molecular complexity index is 325. The molecule has 2 aliphatic rings. The maximum Gasteiger partial charge on any atom is 0.315 e. The normalized spacial score (nSPS) is 33.1. The van der Waals surface area contributed by atoms with Crippen molar-refractivity contribution in [1.29, 1.82) is 0 Å². The smallest absolute Gasteiger partial charge is 0.315 e. The van der Waals surface area contributed by atoms with Crippen LogP contribution in [0.3, 0.4) is 0 Å². The van der Waals surface area contributed by atoms with Crippen molar-refractivity contribution in [3.8, 4) is 0 Å². The summed E-state index contributed by atoms with van der Waals surface area (Å²) in [5.74, 6) is 1.40. The molecule has 2 unspecified atom stereocenters. The maximum atomic E-state index is 12.1. The third-order valence-electron chi connectivity index (χ3n) is 5.12. The molecule has 0 aromatic heterocycles. The molecule has 0 radical (unpaired) electrons. The van der Waals surface area contributed by atoms with Crippen molar-refractivity contribution < 1.29 is 9.90 Å². The Hall–Kier alpha value is -0.770. The molecule has 0 spiro atoms. The average molecular weight is 296 g/mol. The highest BCUT2D eigenvalue weighted by Crippen LogP contribution is 2.30. The van der Waals surface area contributed by atoms with Crippen molar-refractivity contribution in [2.45, 2.75) is 89.8 Å². The monoisotopic (exact) mass is 296 g/mol. The summed E-state index contributed by atoms with van der Waals surface area (Å²) in [4.78, 5) is 12.1. The SMILES string of the molecule is CC(C)CCC1CCCC1NC(=O)NC1CCC(O)CC1. The molecule has 2 amide bonds. The Morgan fingerprint density at radius 2 is 1.81 bits per heavy atom. The molecule has 2 aliphatic carbocycles. The van der Waals surface area contributed by atoms with E-state index >= 15 is 0 Å². The molecule has 4 heteroatoms. The van der Waals surface area contributed by atoms with Crippen molar-refractivity contribution in [1.82, 2.24) is 10.6 Å². The Morgan fingerprint density at radius 3 is 2.48 bits per heavy atom. The summed E-state index contributed by atoms with van der Waals surface area (Å²) in [6, 6.07) is 0.597. The second-order valence-corrected chi connectivity index (χ2v) is 7.39. The van der Waals surface area contributed by atoms with E-state index in [1.54, 1.807) is 0 Å². The second kappa shape index (κ2) is 8.02. The molecule has 0 heterocycles. The lowest BCUT2D eigenvalue weighted by Crippen LogP contribution is -2.48. The summed E-state index contributed by atoms with van der Waals surface area (Å²) in [7, 11) is 0. The minimum atomic E-state index is -0.165. The zero-order valence-corrected chi connectivity index (χ0v) is 13.6. The molecule has 21 heavy (non-hydrogen) atoms. The topological polar surface area (TPSA) is 61.4 Å². The molecule has 0 aromatic carbocycles. The molecule has 2 atom stereocenters. The van der Waals surface area contributed by atoms with E-state index in [-0.39, 0.29) is 18.2 Å². The van der Waals surface area contributed by atoms with Crippen molar-refractivity contribution in [3.05, 3.63) is 0 Å². The number of carbonyl (C=O) groups is 1. The van der Waals surface area contributed by atoms with Crippen molar-refractivity contribution in [2.75, 3.05) is 0 Å². The first kappa shape index (κ1) is 16.6. The Balaban J connectivity index is 1.71. The van der Waals surface area contributed by atoms with Crippen LogP contribution in [0.2, 0.25) is 0 Å². The van der Waals surface area contributed by atoms with Crippen LogP contribution in [0.25, 0.3) is 0 Å². The van der Waals surface area contributed by atoms with Gasteiger partial charge in [-0.1, -0.05) is 26.7 Å². The van der Waals surface area contributed by atoms with E-state index in [9.17, 15) is 9.90 Å². The summed E-state index contributed by atoms with van der Waals surface area (Å²) in [6.45, 7) is 4.53. The number of amides is 2. The highest BCUT2D eigenvalue weighted by Gasteiger charge is 2.29. The van der Waals surface area contributed by atoms with Crippen LogP contribution < -0.4 is 10.6 Å². The van der Waals surface area contributed by atoms with E-state index < -0.39 is 0 Å². The lowest BCUT2D eigenvalue weighted by Gasteiger charge is -2.28. The summed E-state index contributed by atoms with van der Waals surface area (Å²) in [6.07, 6.45) is 9.36. The van der Waals surface area contributed by atoms with Gasteiger partial charge >= 0.3 is 6.03 Å². The molecule has 0 saturated heterocycles. The van der Waals surface area contributed by atoms with Gasteiger partial charge in [-0.2, -0.15) is 0 Å². The van der Waals surface area contributed by atoms with Crippen LogP contribution in [-0.4, -0.2) is 29.3 Å². The van der Waals surface area contributed by atoms with E-state index in [0.717, 1.165) is 38.0 Å². The van der Waals surface area contributed by atoms with Crippen LogP contribution in [0.5, 0.6) is 0 Å². The standard InChI is InChI=1S/C17H32N2O2/c1-12(2)6-7-13-4-3-5-16(13)19-17(21)18-14-8-10-15(20)11-9-14/h12-16,20H,3-11H2,1-2H3,(H2,18,19,21). The highest BCUT2D eigenvalue weighted by molar-refractivity contribution is 5.74. The Kier molecular flexibility index (Phi) is 6.34. The summed E-state index contributed by atoms with van der Waals surface area (Å²) in [5, 5.41) is 15.8. The summed E-state index contributed by atoms with van der Waals surface area (Å²) in [5.41, 5.74) is 0. The Morgan fingerprint density at radius 1 is 1.10 bits per heavy atom. The van der Waals surface area contributed by atoms with Gasteiger partial charge in [0.1, 0.15) is 0 Å². The van der Waals surface area contributed by atoms with E-state index in [4.69, 9.17) is 0 Å². The summed E-state index contributed by atoms with van der Waals surface area (Å²) < 4.78 is 0. The lowest BCUT2D eigenvalue weighted by atomic mass is 9.93. The number of nitrogens with one attached hydrogen (secondary N) is 2. The van der Waals surface area contributed by atoms with Gasteiger partial charge in [0, 0.05) is 12.1 Å². The van der Waals surface area contributed by atoms with Crippen LogP contribution in [0.15, 0.2) is 0 Å². The molecule has 3 N–H and O–H groups in total. The molecule has 0 aliphatic heterocycles. The van der Waals surface area contributed by atoms with Gasteiger partial charge in [0.25, 0.3) is 0 Å². The molecule has 2 rings (SSSR count). The number of hydrogen-bond donors (Lipinski definition) is 3. The van der Waals surface area contributed by atoms with E-state index in [0.29, 0.717) is 12.0 Å². The molecule has 2 saturated carbocycles. The fourth-order valence-electron chi connectivity index (χ4n) is 3.74. The Labute approximate surface area is 129 Å². The van der Waals surface area contributed by atoms with Gasteiger partial charge in [0.15, 0.2) is 0 Å². The van der Waals surface area contributed by atoms with E-state index in [1.807, 2.05) is 0 Å². The number of carbonyl (C=O) groups excluding carboxylic acids is 1. The number of aliphatic hydroxyl groups excluding tert-OH is 1. The fourth-order valence-corrected chi connectivity index (χ4v) is 3.74. The molecular weight excluding hydrogens is 264 g/mol. The van der Waals surface area contributed by atoms with Gasteiger partial charge in [-0.3, -0.25) is 0 Å². The predicted molar refractivity (Wildman–Crippen MR) is 85.1 cm³/mol. The van der Waals surface area contributed by atoms with E-state index in [2.05, 4.69) is 24.5 Å². The first-order chi connectivity index (χ1) is 10.0. The zero-order chi connectivity index (χ0) is 15.2. The number of aliphatic hydroxyl groups is 1. The quantitative estimate of drug-likeness (QED) is 0.729. The molecule has 2 fully saturated rings. The third-order valence-corrected chi connectivity index (χ3v) is 5.12. The number of rotatable bonds is 5. The zero-order valence-electron chi connectivity index (χ0n) is 13.6. The van der Waals surface area contributed by atoms with Gasteiger partial charge in [-0.15, -0.1) is 0 Å². The largest absolute Gasteiger partial charge is 0.393 e. The number of hydrogen-bond acceptors (Lipinski definition) is 2. The van der Waals surface area contributed by atoms with Gasteiger partial charge in [0.2, 0.25) is 0 Å². The molecule has 0 aromatic rings. The first-order valence-electron chi connectivity index (χ1n) is 8.79. The van der Waals surface area contributed by atoms with Gasteiger partial charge in [-0.25, -0.2) is 4.79 Å². The van der Waals surface area contributed by atoms with Gasteiger partial charge in [-0.05, 0) is 56.8 Å². The van der Waals surface area contributed by atoms with Crippen LogP contribution in [-0.2, 0) is 0 Å². The second-order valence-electron chi connectivity index (χ2n) is 7.39. The minimum Gasteiger partial charge on any atom is -0.393 e. The maximum absolute atomic E-state index is 12.1. The minimum absolute atomic E-state index is 0.00200. The highest BCUT2D eigenvalue weighted by atomic mass is 16.3. The third kappa shape index (κ3) is 5.50. The van der Waals surface area contributed by atoms with Crippen LogP contribution in [0.4, 0.5) is 4.79 Å². The number of urea groups is 1. The van der Waals surface area contributed by atoms with Crippen LogP contribution in [0, 0.1) is 11.8 Å². The van der Waals surface area contributed by atoms with Crippen molar-refractivity contribution in [2.24, 2.45) is 11.8 Å². The molecule has 122 valence electrons. The molecule has 0 bridgehead atoms. The van der Waals surface area contributed by atoms with Crippen molar-refractivity contribution in [3.63, 3.8) is 0 Å². The predicted octanol–water partition coefficient (Wildman–Crippen LogP) is 3.19.